The second-order valence-corrected chi connectivity index (χ2v) is 7.92. The van der Waals surface area contributed by atoms with Crippen molar-refractivity contribution in [2.45, 2.75) is 42.0 Å². The smallest absolute Gasteiger partial charge is 0.309 e. The Balaban J connectivity index is 1.95. The van der Waals surface area contributed by atoms with Gasteiger partial charge in [0.1, 0.15) is 4.21 Å². The van der Waals surface area contributed by atoms with Gasteiger partial charge in [0.15, 0.2) is 0 Å². The molecule has 1 saturated carbocycles. The van der Waals surface area contributed by atoms with E-state index in [0.29, 0.717) is 12.6 Å². The van der Waals surface area contributed by atoms with Gasteiger partial charge < -0.3 is 5.32 Å². The Morgan fingerprint density at radius 3 is 2.57 bits per heavy atom. The molecular formula is C11H14F4N2O2S2. The molecule has 0 bridgehead atoms. The molecular weight excluding hydrogens is 332 g/mol. The molecule has 4 nitrogen and oxygen atoms in total. The van der Waals surface area contributed by atoms with Gasteiger partial charge in [-0.15, -0.1) is 11.3 Å². The van der Waals surface area contributed by atoms with Crippen LogP contribution < -0.4 is 10.0 Å². The van der Waals surface area contributed by atoms with Gasteiger partial charge in [0.25, 0.3) is 0 Å². The summed E-state index contributed by atoms with van der Waals surface area (Å²) in [5.74, 6) is -4.39. The number of halogens is 4. The van der Waals surface area contributed by atoms with Crippen LogP contribution in [0.1, 0.15) is 17.7 Å². The first-order valence-electron chi connectivity index (χ1n) is 6.18. The second kappa shape index (κ2) is 6.19. The molecule has 1 heterocycles. The summed E-state index contributed by atoms with van der Waals surface area (Å²) in [7, 11) is -4.20. The molecule has 1 aromatic heterocycles. The Kier molecular flexibility index (Phi) is 4.91. The fourth-order valence-electron chi connectivity index (χ4n) is 1.47. The van der Waals surface area contributed by atoms with Crippen molar-refractivity contribution in [3.63, 3.8) is 0 Å². The van der Waals surface area contributed by atoms with Crippen LogP contribution >= 0.6 is 11.3 Å². The predicted molar refractivity (Wildman–Crippen MR) is 70.3 cm³/mol. The Morgan fingerprint density at radius 2 is 2.00 bits per heavy atom. The molecule has 0 aromatic carbocycles. The highest BCUT2D eigenvalue weighted by atomic mass is 32.2. The number of hydrogen-bond donors (Lipinski definition) is 2. The molecule has 0 radical (unpaired) electrons. The van der Waals surface area contributed by atoms with Crippen LogP contribution in [0.15, 0.2) is 16.3 Å². The Bertz CT molecular complexity index is 585. The van der Waals surface area contributed by atoms with Crippen molar-refractivity contribution in [3.8, 4) is 0 Å². The lowest BCUT2D eigenvalue weighted by atomic mass is 10.4. The van der Waals surface area contributed by atoms with E-state index < -0.39 is 28.9 Å². The lowest BCUT2D eigenvalue weighted by Gasteiger charge is -2.15. The van der Waals surface area contributed by atoms with Crippen molar-refractivity contribution in [2.24, 2.45) is 0 Å². The quantitative estimate of drug-likeness (QED) is 0.710. The molecule has 1 fully saturated rings. The first-order chi connectivity index (χ1) is 9.71. The van der Waals surface area contributed by atoms with Gasteiger partial charge in [-0.3, -0.25) is 0 Å². The van der Waals surface area contributed by atoms with E-state index in [9.17, 15) is 26.0 Å². The van der Waals surface area contributed by atoms with E-state index in [0.717, 1.165) is 29.1 Å². The van der Waals surface area contributed by atoms with Crippen molar-refractivity contribution >= 4 is 21.4 Å². The van der Waals surface area contributed by atoms with Crippen LogP contribution in [0.4, 0.5) is 17.6 Å². The Morgan fingerprint density at radius 1 is 1.33 bits per heavy atom. The van der Waals surface area contributed by atoms with Crippen molar-refractivity contribution in [2.75, 3.05) is 6.54 Å². The van der Waals surface area contributed by atoms with Crippen LogP contribution in [0.5, 0.6) is 0 Å². The summed E-state index contributed by atoms with van der Waals surface area (Å²) in [6.07, 6.45) is -1.75. The maximum absolute atomic E-state index is 12.7. The minimum atomic E-state index is -4.39. The summed E-state index contributed by atoms with van der Waals surface area (Å²) in [5, 5.41) is 3.18. The highest BCUT2D eigenvalue weighted by molar-refractivity contribution is 7.91. The zero-order valence-corrected chi connectivity index (χ0v) is 12.4. The molecule has 0 saturated heterocycles. The van der Waals surface area contributed by atoms with E-state index in [2.05, 4.69) is 5.32 Å². The molecule has 0 amide bonds. The van der Waals surface area contributed by atoms with Crippen LogP contribution in [0.25, 0.3) is 0 Å². The van der Waals surface area contributed by atoms with E-state index in [1.54, 1.807) is 6.07 Å². The molecule has 1 aliphatic carbocycles. The molecule has 0 atom stereocenters. The van der Waals surface area contributed by atoms with Gasteiger partial charge in [-0.2, -0.15) is 8.78 Å². The molecule has 0 spiro atoms. The topological polar surface area (TPSA) is 58.2 Å². The normalized spacial score (nSPS) is 16.6. The Hall–Kier alpha value is -0.710. The third kappa shape index (κ3) is 4.63. The number of alkyl halides is 4. The highest BCUT2D eigenvalue weighted by Gasteiger charge is 2.41. The van der Waals surface area contributed by atoms with E-state index in [-0.39, 0.29) is 4.21 Å². The maximum Gasteiger partial charge on any atom is 0.320 e. The van der Waals surface area contributed by atoms with E-state index in [1.165, 1.54) is 10.8 Å². The minimum Gasteiger partial charge on any atom is -0.309 e. The third-order valence-corrected chi connectivity index (χ3v) is 5.84. The van der Waals surface area contributed by atoms with Crippen molar-refractivity contribution < 1.29 is 26.0 Å². The second-order valence-electron chi connectivity index (χ2n) is 4.76. The third-order valence-electron chi connectivity index (χ3n) is 2.86. The summed E-state index contributed by atoms with van der Waals surface area (Å²) in [6, 6.07) is 3.30. The summed E-state index contributed by atoms with van der Waals surface area (Å²) in [4.78, 5) is 0.739. The van der Waals surface area contributed by atoms with E-state index in [1.807, 2.05) is 0 Å². The number of nitrogens with one attached hydrogen (secondary N) is 2. The van der Waals surface area contributed by atoms with Crippen molar-refractivity contribution in [1.29, 1.82) is 0 Å². The molecule has 21 heavy (non-hydrogen) atoms. The SMILES string of the molecule is O=S(=O)(NCC(F)(F)C(F)F)c1ccc(CNC2CC2)s1. The monoisotopic (exact) mass is 346 g/mol. The largest absolute Gasteiger partial charge is 0.320 e. The first-order valence-corrected chi connectivity index (χ1v) is 8.48. The zero-order chi connectivity index (χ0) is 15.7. The van der Waals surface area contributed by atoms with Gasteiger partial charge in [0, 0.05) is 17.5 Å². The van der Waals surface area contributed by atoms with Crippen LogP contribution in [-0.2, 0) is 16.6 Å². The Labute approximate surface area is 123 Å². The lowest BCUT2D eigenvalue weighted by molar-refractivity contribution is -0.122. The van der Waals surface area contributed by atoms with Gasteiger partial charge >= 0.3 is 12.3 Å². The van der Waals surface area contributed by atoms with Gasteiger partial charge in [0.05, 0.1) is 6.54 Å². The van der Waals surface area contributed by atoms with E-state index in [4.69, 9.17) is 0 Å². The van der Waals surface area contributed by atoms with Crippen molar-refractivity contribution in [3.05, 3.63) is 17.0 Å². The van der Waals surface area contributed by atoms with Crippen LogP contribution in [0.2, 0.25) is 0 Å². The fourth-order valence-corrected chi connectivity index (χ4v) is 3.86. The average molecular weight is 346 g/mol. The molecule has 1 aliphatic rings. The molecule has 10 heteroatoms. The molecule has 1 aromatic rings. The molecule has 120 valence electrons. The lowest BCUT2D eigenvalue weighted by Crippen LogP contribution is -2.41. The van der Waals surface area contributed by atoms with Crippen molar-refractivity contribution in [1.82, 2.24) is 10.0 Å². The van der Waals surface area contributed by atoms with Gasteiger partial charge in [-0.1, -0.05) is 0 Å². The standard InChI is InChI=1S/C11H14F4N2O2S2/c12-10(13)11(14,15)6-17-21(18,19)9-4-3-8(20-9)5-16-7-1-2-7/h3-4,7,10,16-17H,1-2,5-6H2. The number of sulfonamides is 1. The molecule has 2 rings (SSSR count). The van der Waals surface area contributed by atoms with Gasteiger partial charge in [-0.05, 0) is 25.0 Å². The van der Waals surface area contributed by atoms with Gasteiger partial charge in [-0.25, -0.2) is 21.9 Å². The fraction of sp³-hybridized carbons (Fsp3) is 0.636. The van der Waals surface area contributed by atoms with E-state index >= 15 is 0 Å². The van der Waals surface area contributed by atoms with Crippen LogP contribution in [-0.4, -0.2) is 33.4 Å². The number of hydrogen-bond acceptors (Lipinski definition) is 4. The summed E-state index contributed by atoms with van der Waals surface area (Å²) in [5.41, 5.74) is 0. The number of thiophene rings is 1. The predicted octanol–water partition coefficient (Wildman–Crippen LogP) is 2.18. The maximum atomic E-state index is 12.7. The molecule has 2 N–H and O–H groups in total. The minimum absolute atomic E-state index is 0.167. The van der Waals surface area contributed by atoms with Crippen LogP contribution in [0.3, 0.4) is 0 Å². The average Bonchev–Trinajstić information content (AvgIpc) is 3.10. The summed E-state index contributed by atoms with van der Waals surface area (Å²) < 4.78 is 74.3. The zero-order valence-electron chi connectivity index (χ0n) is 10.8. The summed E-state index contributed by atoms with van der Waals surface area (Å²) >= 11 is 0.923. The first kappa shape index (κ1) is 16.7. The summed E-state index contributed by atoms with van der Waals surface area (Å²) in [6.45, 7) is -1.13. The number of rotatable bonds is 8. The van der Waals surface area contributed by atoms with Gasteiger partial charge in [0.2, 0.25) is 10.0 Å². The highest BCUT2D eigenvalue weighted by Crippen LogP contribution is 2.26. The molecule has 0 aliphatic heterocycles. The van der Waals surface area contributed by atoms with Crippen LogP contribution in [0, 0.1) is 0 Å². The molecule has 0 unspecified atom stereocenters.